The van der Waals surface area contributed by atoms with Gasteiger partial charge in [-0.2, -0.15) is 0 Å². The number of nitrogens with zero attached hydrogens (tertiary/aromatic N) is 1. The van der Waals surface area contributed by atoms with Gasteiger partial charge in [-0.3, -0.25) is 0 Å². The van der Waals surface area contributed by atoms with Crippen LogP contribution in [0, 0.1) is 0 Å². The molecule has 1 unspecified atom stereocenters. The van der Waals surface area contributed by atoms with Gasteiger partial charge in [0.15, 0.2) is 0 Å². The van der Waals surface area contributed by atoms with Gasteiger partial charge < -0.3 is 5.32 Å². The van der Waals surface area contributed by atoms with E-state index in [1.165, 1.54) is 0 Å². The maximum Gasteiger partial charge on any atom is 0.124 e. The molecule has 0 aliphatic carbocycles. The van der Waals surface area contributed by atoms with Gasteiger partial charge in [0, 0.05) is 26.5 Å². The van der Waals surface area contributed by atoms with Crippen LogP contribution in [0.2, 0.25) is 5.02 Å². The molecule has 0 bridgehead atoms. The van der Waals surface area contributed by atoms with Gasteiger partial charge in [-0.05, 0) is 38.1 Å². The van der Waals surface area contributed by atoms with Crippen molar-refractivity contribution in [2.75, 3.05) is 6.54 Å². The van der Waals surface area contributed by atoms with Crippen LogP contribution >= 0.6 is 38.9 Å². The molecule has 1 aromatic heterocycles. The molecule has 19 heavy (non-hydrogen) atoms. The van der Waals surface area contributed by atoms with Gasteiger partial charge in [-0.1, -0.05) is 34.5 Å². The number of benzene rings is 1. The molecule has 0 radical (unpaired) electrons. The third kappa shape index (κ3) is 3.78. The highest BCUT2D eigenvalue weighted by molar-refractivity contribution is 9.10. The van der Waals surface area contributed by atoms with Gasteiger partial charge in [0.05, 0.1) is 5.69 Å². The van der Waals surface area contributed by atoms with E-state index in [1.807, 2.05) is 18.2 Å². The van der Waals surface area contributed by atoms with Crippen LogP contribution in [0.25, 0.3) is 10.6 Å². The lowest BCUT2D eigenvalue weighted by atomic mass is 10.2. The van der Waals surface area contributed by atoms with Crippen molar-refractivity contribution >= 4 is 38.9 Å². The Bertz CT molecular complexity index is 556. The quantitative estimate of drug-likeness (QED) is 0.785. The summed E-state index contributed by atoms with van der Waals surface area (Å²) in [7, 11) is 0. The van der Waals surface area contributed by atoms with Gasteiger partial charge in [0.25, 0.3) is 0 Å². The molecular formula is C14H16BrClN2S. The molecule has 1 aromatic carbocycles. The Balaban J connectivity index is 2.23. The molecule has 0 spiro atoms. The Labute approximate surface area is 131 Å². The van der Waals surface area contributed by atoms with Gasteiger partial charge in [0.2, 0.25) is 0 Å². The third-order valence-corrected chi connectivity index (χ3v) is 4.65. The number of halogens is 2. The van der Waals surface area contributed by atoms with Crippen molar-refractivity contribution in [3.63, 3.8) is 0 Å². The van der Waals surface area contributed by atoms with E-state index in [0.717, 1.165) is 38.7 Å². The molecule has 1 N–H and O–H groups in total. The van der Waals surface area contributed by atoms with Crippen LogP contribution in [-0.2, 0) is 0 Å². The minimum atomic E-state index is 0.280. The van der Waals surface area contributed by atoms with Crippen LogP contribution in [-0.4, -0.2) is 11.5 Å². The van der Waals surface area contributed by atoms with Crippen LogP contribution in [0.4, 0.5) is 0 Å². The lowest BCUT2D eigenvalue weighted by Crippen LogP contribution is -2.19. The summed E-state index contributed by atoms with van der Waals surface area (Å²) in [6.45, 7) is 5.31. The Morgan fingerprint density at radius 2 is 2.26 bits per heavy atom. The summed E-state index contributed by atoms with van der Waals surface area (Å²) < 4.78 is 1.02. The fourth-order valence-electron chi connectivity index (χ4n) is 1.74. The topological polar surface area (TPSA) is 24.9 Å². The largest absolute Gasteiger partial charge is 0.309 e. The molecule has 0 fully saturated rings. The summed E-state index contributed by atoms with van der Waals surface area (Å²) in [6.07, 6.45) is 1.13. The van der Waals surface area contributed by atoms with Crippen LogP contribution in [0.1, 0.15) is 32.0 Å². The van der Waals surface area contributed by atoms with E-state index in [0.29, 0.717) is 0 Å². The molecular weight excluding hydrogens is 344 g/mol. The summed E-state index contributed by atoms with van der Waals surface area (Å²) in [4.78, 5) is 4.70. The van der Waals surface area contributed by atoms with Crippen molar-refractivity contribution in [1.82, 2.24) is 10.3 Å². The predicted octanol–water partition coefficient (Wildman–Crippen LogP) is 5.29. The van der Waals surface area contributed by atoms with Crippen LogP contribution in [0.15, 0.2) is 28.1 Å². The summed E-state index contributed by atoms with van der Waals surface area (Å²) >= 11 is 11.2. The van der Waals surface area contributed by atoms with Crippen molar-refractivity contribution < 1.29 is 0 Å². The number of thiazole rings is 1. The molecule has 5 heteroatoms. The molecule has 2 nitrogen and oxygen atoms in total. The fourth-order valence-corrected chi connectivity index (χ4v) is 3.42. The molecule has 1 atom stereocenters. The maximum atomic E-state index is 6.05. The Kier molecular flexibility index (Phi) is 5.39. The second-order valence-electron chi connectivity index (χ2n) is 4.38. The van der Waals surface area contributed by atoms with Gasteiger partial charge in [-0.25, -0.2) is 4.98 Å². The van der Waals surface area contributed by atoms with Crippen LogP contribution < -0.4 is 5.32 Å². The van der Waals surface area contributed by atoms with Crippen molar-refractivity contribution in [1.29, 1.82) is 0 Å². The Morgan fingerprint density at radius 3 is 3.00 bits per heavy atom. The zero-order valence-electron chi connectivity index (χ0n) is 10.9. The normalized spacial score (nSPS) is 12.6. The first-order chi connectivity index (χ1) is 9.11. The van der Waals surface area contributed by atoms with E-state index in [4.69, 9.17) is 16.6 Å². The Morgan fingerprint density at radius 1 is 1.47 bits per heavy atom. The summed E-state index contributed by atoms with van der Waals surface area (Å²) in [5.41, 5.74) is 2.13. The van der Waals surface area contributed by atoms with Gasteiger partial charge in [-0.15, -0.1) is 11.3 Å². The first-order valence-corrected chi connectivity index (χ1v) is 8.31. The van der Waals surface area contributed by atoms with E-state index in [-0.39, 0.29) is 6.04 Å². The van der Waals surface area contributed by atoms with E-state index in [9.17, 15) is 0 Å². The second kappa shape index (κ2) is 6.84. The zero-order chi connectivity index (χ0) is 13.8. The molecule has 2 aromatic rings. The first kappa shape index (κ1) is 15.0. The van der Waals surface area contributed by atoms with E-state index < -0.39 is 0 Å². The highest BCUT2D eigenvalue weighted by atomic mass is 79.9. The number of nitrogens with one attached hydrogen (secondary N) is 1. The SMILES string of the molecule is CCCNC(C)c1csc(-c2cc(Cl)ccc2Br)n1. The lowest BCUT2D eigenvalue weighted by Gasteiger charge is -2.09. The summed E-state index contributed by atoms with van der Waals surface area (Å²) in [5, 5.41) is 7.28. The molecule has 0 aliphatic heterocycles. The monoisotopic (exact) mass is 358 g/mol. The minimum Gasteiger partial charge on any atom is -0.309 e. The van der Waals surface area contributed by atoms with Crippen LogP contribution in [0.5, 0.6) is 0 Å². The highest BCUT2D eigenvalue weighted by Gasteiger charge is 2.12. The number of hydrogen-bond acceptors (Lipinski definition) is 3. The summed E-state index contributed by atoms with van der Waals surface area (Å²) in [6, 6.07) is 6.05. The number of aromatic nitrogens is 1. The van der Waals surface area contributed by atoms with Crippen molar-refractivity contribution in [2.45, 2.75) is 26.3 Å². The third-order valence-electron chi connectivity index (χ3n) is 2.82. The lowest BCUT2D eigenvalue weighted by molar-refractivity contribution is 0.561. The van der Waals surface area contributed by atoms with Crippen molar-refractivity contribution in [3.05, 3.63) is 38.8 Å². The molecule has 0 aliphatic rings. The average Bonchev–Trinajstić information content (AvgIpc) is 2.88. The maximum absolute atomic E-state index is 6.05. The van der Waals surface area contributed by atoms with E-state index in [1.54, 1.807) is 11.3 Å². The fraction of sp³-hybridized carbons (Fsp3) is 0.357. The number of hydrogen-bond donors (Lipinski definition) is 1. The van der Waals surface area contributed by atoms with Crippen molar-refractivity contribution in [2.24, 2.45) is 0 Å². The average molecular weight is 360 g/mol. The smallest absolute Gasteiger partial charge is 0.124 e. The molecule has 0 amide bonds. The molecule has 0 saturated heterocycles. The molecule has 102 valence electrons. The second-order valence-corrected chi connectivity index (χ2v) is 6.53. The molecule has 2 rings (SSSR count). The summed E-state index contributed by atoms with van der Waals surface area (Å²) in [5.74, 6) is 0. The van der Waals surface area contributed by atoms with E-state index >= 15 is 0 Å². The predicted molar refractivity (Wildman–Crippen MR) is 87.0 cm³/mol. The van der Waals surface area contributed by atoms with E-state index in [2.05, 4.69) is 40.5 Å². The van der Waals surface area contributed by atoms with Gasteiger partial charge >= 0.3 is 0 Å². The number of rotatable bonds is 5. The molecule has 0 saturated carbocycles. The molecule has 1 heterocycles. The first-order valence-electron chi connectivity index (χ1n) is 6.26. The minimum absolute atomic E-state index is 0.280. The standard InChI is InChI=1S/C14H16BrClN2S/c1-3-6-17-9(2)13-8-19-14(18-13)11-7-10(16)4-5-12(11)15/h4-5,7-9,17H,3,6H2,1-2H3. The van der Waals surface area contributed by atoms with Crippen LogP contribution in [0.3, 0.4) is 0 Å². The highest BCUT2D eigenvalue weighted by Crippen LogP contribution is 2.33. The Hall–Kier alpha value is -0.420. The van der Waals surface area contributed by atoms with Gasteiger partial charge in [0.1, 0.15) is 5.01 Å². The zero-order valence-corrected chi connectivity index (χ0v) is 14.1. The van der Waals surface area contributed by atoms with Crippen molar-refractivity contribution in [3.8, 4) is 10.6 Å².